The van der Waals surface area contributed by atoms with Crippen LogP contribution in [0.3, 0.4) is 0 Å². The number of benzene rings is 2. The van der Waals surface area contributed by atoms with Crippen LogP contribution in [0.1, 0.15) is 76.4 Å². The molecule has 1 aliphatic carbocycles. The highest BCUT2D eigenvalue weighted by atomic mass is 16.3. The van der Waals surface area contributed by atoms with Crippen LogP contribution in [-0.4, -0.2) is 31.5 Å². The van der Waals surface area contributed by atoms with Crippen molar-refractivity contribution >= 4 is 17.6 Å². The first-order chi connectivity index (χ1) is 19.2. The van der Waals surface area contributed by atoms with Gasteiger partial charge in [-0.2, -0.15) is 0 Å². The van der Waals surface area contributed by atoms with Gasteiger partial charge in [0.15, 0.2) is 0 Å². The van der Waals surface area contributed by atoms with E-state index in [0.717, 1.165) is 28.2 Å². The van der Waals surface area contributed by atoms with Crippen molar-refractivity contribution in [2.45, 2.75) is 62.6 Å². The number of nitrogens with one attached hydrogen (secondary N) is 2. The monoisotopic (exact) mass is 533 g/mol. The third kappa shape index (κ3) is 3.85. The van der Waals surface area contributed by atoms with Crippen LogP contribution in [0.5, 0.6) is 0 Å². The Morgan fingerprint density at radius 3 is 2.67 bits per heavy atom. The Balaban J connectivity index is 1.18. The van der Waals surface area contributed by atoms with Crippen LogP contribution in [0.15, 0.2) is 73.1 Å². The van der Waals surface area contributed by atoms with E-state index in [2.05, 4.69) is 37.3 Å². The zero-order valence-electron chi connectivity index (χ0n) is 22.5. The second kappa shape index (κ2) is 8.86. The van der Waals surface area contributed by atoms with Crippen molar-refractivity contribution in [2.75, 3.05) is 5.32 Å². The molecular formula is C32H31N5O3. The summed E-state index contributed by atoms with van der Waals surface area (Å²) in [4.78, 5) is 35.7. The van der Waals surface area contributed by atoms with Gasteiger partial charge in [0.1, 0.15) is 17.2 Å². The molecule has 4 aromatic rings. The summed E-state index contributed by atoms with van der Waals surface area (Å²) in [5.74, 6) is 1.32. The second-order valence-electron chi connectivity index (χ2n) is 11.8. The van der Waals surface area contributed by atoms with Crippen LogP contribution >= 0.6 is 0 Å². The molecule has 0 fully saturated rings. The number of imidazole rings is 1. The maximum Gasteiger partial charge on any atom is 0.251 e. The fourth-order valence-electron chi connectivity index (χ4n) is 6.77. The van der Waals surface area contributed by atoms with Crippen molar-refractivity contribution in [1.82, 2.24) is 19.9 Å². The van der Waals surface area contributed by atoms with E-state index in [1.807, 2.05) is 48.5 Å². The summed E-state index contributed by atoms with van der Waals surface area (Å²) in [6, 6.07) is 19.5. The number of aromatic nitrogens is 3. The fourth-order valence-corrected chi connectivity index (χ4v) is 6.77. The van der Waals surface area contributed by atoms with Crippen LogP contribution < -0.4 is 10.6 Å². The Bertz CT molecular complexity index is 1650. The Kier molecular flexibility index (Phi) is 5.47. The van der Waals surface area contributed by atoms with Crippen LogP contribution in [0.2, 0.25) is 0 Å². The molecule has 0 saturated heterocycles. The number of pyridine rings is 1. The molecule has 40 heavy (non-hydrogen) atoms. The van der Waals surface area contributed by atoms with Gasteiger partial charge in [0.25, 0.3) is 5.91 Å². The van der Waals surface area contributed by atoms with E-state index >= 15 is 0 Å². The van der Waals surface area contributed by atoms with E-state index in [-0.39, 0.29) is 23.8 Å². The second-order valence-corrected chi connectivity index (χ2v) is 11.8. The summed E-state index contributed by atoms with van der Waals surface area (Å²) in [6.45, 7) is 4.20. The Hall–Kier alpha value is -4.30. The Morgan fingerprint density at radius 2 is 1.88 bits per heavy atom. The first-order valence-corrected chi connectivity index (χ1v) is 13.8. The average molecular weight is 534 g/mol. The summed E-state index contributed by atoms with van der Waals surface area (Å²) < 4.78 is 2.06. The normalized spacial score (nSPS) is 22.9. The van der Waals surface area contributed by atoms with Crippen molar-refractivity contribution < 1.29 is 14.7 Å². The molecule has 0 bridgehead atoms. The number of anilines is 1. The fraction of sp³-hybridized carbons (Fsp3) is 0.312. The molecule has 8 heteroatoms. The first-order valence-electron chi connectivity index (χ1n) is 13.8. The van der Waals surface area contributed by atoms with Gasteiger partial charge < -0.3 is 20.3 Å². The average Bonchev–Trinajstić information content (AvgIpc) is 3.63. The van der Waals surface area contributed by atoms with Gasteiger partial charge in [0.2, 0.25) is 5.91 Å². The van der Waals surface area contributed by atoms with Crippen LogP contribution in [0.4, 0.5) is 5.82 Å². The third-order valence-electron chi connectivity index (χ3n) is 8.77. The number of hydrogen-bond donors (Lipinski definition) is 3. The molecule has 3 aliphatic rings. The number of aliphatic hydroxyl groups is 1. The van der Waals surface area contributed by atoms with Gasteiger partial charge >= 0.3 is 0 Å². The number of amides is 2. The van der Waals surface area contributed by atoms with E-state index in [4.69, 9.17) is 0 Å². The minimum Gasteiger partial charge on any atom is -0.384 e. The number of nitrogens with zero attached hydrogens (tertiary/aromatic N) is 3. The lowest BCUT2D eigenvalue weighted by Gasteiger charge is -2.33. The maximum absolute atomic E-state index is 13.7. The highest BCUT2D eigenvalue weighted by Crippen LogP contribution is 2.46. The van der Waals surface area contributed by atoms with E-state index in [0.29, 0.717) is 37.2 Å². The lowest BCUT2D eigenvalue weighted by molar-refractivity contribution is -0.120. The topological polar surface area (TPSA) is 109 Å². The molecule has 2 aromatic carbocycles. The standard InChI is InChI=1S/C32H31N5O3/c1-31(2,40)26-17-34-28-25(14-23(18-37(26)28)19-7-4-3-5-8-19)35-29(38)20-10-11-21-15-32(16-22(21)13-20)24-9-6-12-33-27(24)36-30(32)39/h3-13,17,23,25,40H,14-16,18H2,1-2H3,(H,35,38)(H,33,36,39)/t23-,25+,32-/m1/s1. The molecule has 3 N–H and O–H groups in total. The summed E-state index contributed by atoms with van der Waals surface area (Å²) in [7, 11) is 0. The molecule has 2 amide bonds. The smallest absolute Gasteiger partial charge is 0.251 e. The lowest BCUT2D eigenvalue weighted by Crippen LogP contribution is -2.37. The molecular weight excluding hydrogens is 502 g/mol. The molecule has 8 nitrogen and oxygen atoms in total. The van der Waals surface area contributed by atoms with Crippen LogP contribution in [0.25, 0.3) is 0 Å². The predicted octanol–water partition coefficient (Wildman–Crippen LogP) is 4.15. The van der Waals surface area contributed by atoms with Crippen molar-refractivity contribution in [3.05, 3.63) is 112 Å². The molecule has 1 spiro atoms. The maximum atomic E-state index is 13.7. The molecule has 4 heterocycles. The van der Waals surface area contributed by atoms with Gasteiger partial charge in [0, 0.05) is 29.8 Å². The number of fused-ring (bicyclic) bond motifs is 4. The predicted molar refractivity (Wildman–Crippen MR) is 150 cm³/mol. The van der Waals surface area contributed by atoms with Gasteiger partial charge in [-0.1, -0.05) is 42.5 Å². The molecule has 3 atom stereocenters. The van der Waals surface area contributed by atoms with Gasteiger partial charge in [0.05, 0.1) is 23.3 Å². The van der Waals surface area contributed by atoms with Gasteiger partial charge in [-0.25, -0.2) is 9.97 Å². The quantitative estimate of drug-likeness (QED) is 0.365. The zero-order valence-corrected chi connectivity index (χ0v) is 22.5. The van der Waals surface area contributed by atoms with Crippen molar-refractivity contribution in [1.29, 1.82) is 0 Å². The van der Waals surface area contributed by atoms with E-state index in [1.165, 1.54) is 5.56 Å². The highest BCUT2D eigenvalue weighted by Gasteiger charge is 2.51. The Morgan fingerprint density at radius 1 is 1.07 bits per heavy atom. The Labute approximate surface area is 232 Å². The summed E-state index contributed by atoms with van der Waals surface area (Å²) in [5, 5.41) is 17.0. The number of carbonyl (C=O) groups is 2. The van der Waals surface area contributed by atoms with E-state index in [1.54, 1.807) is 26.2 Å². The SMILES string of the molecule is CC(C)(O)c1cnc2n1C[C@H](c1ccccc1)C[C@@H]2NC(=O)c1ccc2c(c1)C[C@@]1(C2)C(=O)Nc2ncccc21. The van der Waals surface area contributed by atoms with Crippen LogP contribution in [-0.2, 0) is 35.2 Å². The van der Waals surface area contributed by atoms with Crippen molar-refractivity contribution in [3.63, 3.8) is 0 Å². The third-order valence-corrected chi connectivity index (χ3v) is 8.77. The van der Waals surface area contributed by atoms with Crippen molar-refractivity contribution in [3.8, 4) is 0 Å². The van der Waals surface area contributed by atoms with E-state index in [9.17, 15) is 14.7 Å². The lowest BCUT2D eigenvalue weighted by atomic mass is 9.79. The minimum absolute atomic E-state index is 0.0352. The first kappa shape index (κ1) is 24.7. The van der Waals surface area contributed by atoms with Crippen LogP contribution in [0, 0.1) is 0 Å². The minimum atomic E-state index is -1.06. The van der Waals surface area contributed by atoms with Crippen molar-refractivity contribution in [2.24, 2.45) is 0 Å². The molecule has 2 aliphatic heterocycles. The molecule has 0 radical (unpaired) electrons. The summed E-state index contributed by atoms with van der Waals surface area (Å²) in [6.07, 6.45) is 5.23. The van der Waals surface area contributed by atoms with Gasteiger partial charge in [-0.15, -0.1) is 0 Å². The van der Waals surface area contributed by atoms with Gasteiger partial charge in [-0.05, 0) is 68.0 Å². The summed E-state index contributed by atoms with van der Waals surface area (Å²) in [5.41, 5.74) is 3.76. The summed E-state index contributed by atoms with van der Waals surface area (Å²) >= 11 is 0. The molecule has 7 rings (SSSR count). The number of rotatable bonds is 4. The number of carbonyl (C=O) groups excluding carboxylic acids is 2. The van der Waals surface area contributed by atoms with Gasteiger partial charge in [-0.3, -0.25) is 9.59 Å². The number of hydrogen-bond acceptors (Lipinski definition) is 5. The molecule has 0 saturated carbocycles. The molecule has 202 valence electrons. The largest absolute Gasteiger partial charge is 0.384 e. The highest BCUT2D eigenvalue weighted by molar-refractivity contribution is 6.06. The van der Waals surface area contributed by atoms with E-state index < -0.39 is 11.0 Å². The molecule has 0 unspecified atom stereocenters. The zero-order chi connectivity index (χ0) is 27.6. The molecule has 2 aromatic heterocycles.